The second-order valence-electron chi connectivity index (χ2n) is 9.19. The van der Waals surface area contributed by atoms with Crippen molar-refractivity contribution in [1.82, 2.24) is 24.7 Å². The summed E-state index contributed by atoms with van der Waals surface area (Å²) in [6.45, 7) is 8.66. The number of aromatic nitrogens is 2. The lowest BCUT2D eigenvalue weighted by molar-refractivity contribution is 0.0302. The van der Waals surface area contributed by atoms with E-state index in [1.54, 1.807) is 7.05 Å². The van der Waals surface area contributed by atoms with Crippen LogP contribution in [0.25, 0.3) is 0 Å². The predicted octanol–water partition coefficient (Wildman–Crippen LogP) is 4.11. The highest BCUT2D eigenvalue weighted by molar-refractivity contribution is 6.83. The van der Waals surface area contributed by atoms with Crippen LogP contribution in [0.15, 0.2) is 51.3 Å². The number of nitrogens with zero attached hydrogens (tertiary/aromatic N) is 6. The van der Waals surface area contributed by atoms with Gasteiger partial charge in [0.1, 0.15) is 0 Å². The Morgan fingerprint density at radius 3 is 2.43 bits per heavy atom. The second-order valence-corrected chi connectivity index (χ2v) is 9.99. The molecular formula is C26H36Cl2N8O. The van der Waals surface area contributed by atoms with Gasteiger partial charge in [-0.3, -0.25) is 19.8 Å². The van der Waals surface area contributed by atoms with Crippen molar-refractivity contribution in [2.24, 2.45) is 9.98 Å². The Labute approximate surface area is 228 Å². The number of imidazole rings is 1. The van der Waals surface area contributed by atoms with Crippen LogP contribution in [0.4, 0.5) is 5.82 Å². The van der Waals surface area contributed by atoms with E-state index in [1.807, 2.05) is 37.3 Å². The van der Waals surface area contributed by atoms with Crippen LogP contribution in [0.2, 0.25) is 5.02 Å². The average Bonchev–Trinajstić information content (AvgIpc) is 3.36. The Bertz CT molecular complexity index is 1130. The van der Waals surface area contributed by atoms with Crippen molar-refractivity contribution in [3.63, 3.8) is 0 Å². The molecule has 0 radical (unpaired) electrons. The van der Waals surface area contributed by atoms with E-state index in [-0.39, 0.29) is 11.7 Å². The molecule has 2 unspecified atom stereocenters. The molecule has 2 aromatic rings. The Hall–Kier alpha value is -2.64. The quantitative estimate of drug-likeness (QED) is 0.433. The molecule has 0 spiro atoms. The minimum atomic E-state index is -0.300. The van der Waals surface area contributed by atoms with Crippen LogP contribution in [0.5, 0.6) is 0 Å². The highest BCUT2D eigenvalue weighted by Gasteiger charge is 2.35. The second kappa shape index (κ2) is 14.3. The smallest absolute Gasteiger partial charge is 0.324 e. The number of halogens is 2. The highest BCUT2D eigenvalue weighted by atomic mass is 35.5. The fraction of sp³-hybridized carbons (Fsp3) is 0.538. The van der Waals surface area contributed by atoms with E-state index in [2.05, 4.69) is 47.6 Å². The summed E-state index contributed by atoms with van der Waals surface area (Å²) in [4.78, 5) is 32.4. The van der Waals surface area contributed by atoms with E-state index in [9.17, 15) is 10.1 Å². The fourth-order valence-electron chi connectivity index (χ4n) is 4.85. The zero-order chi connectivity index (χ0) is 26.8. The molecule has 9 nitrogen and oxygen atoms in total. The maximum atomic E-state index is 11.4. The maximum Gasteiger partial charge on any atom is 0.324 e. The third-order valence-corrected chi connectivity index (χ3v) is 7.51. The maximum absolute atomic E-state index is 11.4. The number of aliphatic imine (C=N–C) groups is 2. The van der Waals surface area contributed by atoms with Gasteiger partial charge in [-0.1, -0.05) is 48.3 Å². The molecule has 2 fully saturated rings. The number of amidine groups is 1. The molecule has 1 aromatic carbocycles. The Balaban J connectivity index is 0.000000468. The van der Waals surface area contributed by atoms with Gasteiger partial charge in [-0.25, -0.2) is 9.79 Å². The summed E-state index contributed by atoms with van der Waals surface area (Å²) in [5, 5.41) is 10.3. The number of aromatic amines is 2. The topological polar surface area (TPSA) is 107 Å². The van der Waals surface area contributed by atoms with Crippen molar-refractivity contribution in [3.05, 3.63) is 52.0 Å². The number of nitriles is 1. The number of piperidine rings is 1. The number of piperazine rings is 1. The first kappa shape index (κ1) is 28.9. The third kappa shape index (κ3) is 8.17. The van der Waals surface area contributed by atoms with Gasteiger partial charge in [0, 0.05) is 63.1 Å². The zero-order valence-corrected chi connectivity index (χ0v) is 23.2. The standard InChI is InChI=1S/C20H31ClN8O.C6H5Cl/c1-4-15-13-28(19(18(21)23-3)25-17-12-24-20(30)26-17)9-10-29(15)16-5-7-27(8-6-16)14(2)11-22;7-6-4-2-1-3-5-6/h12,14-16H,4-10,13H2,1-3H3,(H2,24,26,30);1-5H/b23-18?,25-19+;. The van der Waals surface area contributed by atoms with Crippen molar-refractivity contribution >= 4 is 40.0 Å². The van der Waals surface area contributed by atoms with Crippen molar-refractivity contribution in [2.75, 3.05) is 39.8 Å². The number of likely N-dealkylation sites (tertiary alicyclic amines) is 1. The first-order valence-corrected chi connectivity index (χ1v) is 13.5. The van der Waals surface area contributed by atoms with Crippen molar-refractivity contribution in [2.45, 2.75) is 51.2 Å². The van der Waals surface area contributed by atoms with Crippen LogP contribution in [-0.2, 0) is 0 Å². The normalized spacial score (nSPS) is 21.2. The van der Waals surface area contributed by atoms with E-state index in [0.29, 0.717) is 28.9 Å². The predicted molar refractivity (Wildman–Crippen MR) is 151 cm³/mol. The molecule has 2 aliphatic rings. The number of nitrogens with one attached hydrogen (secondary N) is 2. The molecule has 1 aromatic heterocycles. The minimum absolute atomic E-state index is 0.0149. The lowest BCUT2D eigenvalue weighted by Crippen LogP contribution is -2.60. The molecule has 37 heavy (non-hydrogen) atoms. The van der Waals surface area contributed by atoms with Crippen molar-refractivity contribution < 1.29 is 0 Å². The first-order chi connectivity index (χ1) is 17.9. The molecule has 200 valence electrons. The van der Waals surface area contributed by atoms with Gasteiger partial charge < -0.3 is 9.88 Å². The van der Waals surface area contributed by atoms with Gasteiger partial charge in [-0.2, -0.15) is 5.26 Å². The molecule has 2 saturated heterocycles. The van der Waals surface area contributed by atoms with Gasteiger partial charge in [-0.05, 0) is 38.3 Å². The summed E-state index contributed by atoms with van der Waals surface area (Å²) in [5.41, 5.74) is -0.300. The molecule has 2 aliphatic heterocycles. The SMILES string of the molecule is CCC1CN(/C(=N/c2c[nH]c(=O)[nH]2)C(Cl)=NC)CCN1C1CCN(C(C)C#N)CC1.Clc1ccccc1. The Morgan fingerprint density at radius 1 is 1.22 bits per heavy atom. The molecule has 2 N–H and O–H groups in total. The van der Waals surface area contributed by atoms with Crippen LogP contribution < -0.4 is 5.69 Å². The Morgan fingerprint density at radius 2 is 1.92 bits per heavy atom. The summed E-state index contributed by atoms with van der Waals surface area (Å²) in [5.74, 6) is 1.02. The van der Waals surface area contributed by atoms with Gasteiger partial charge in [-0.15, -0.1) is 0 Å². The van der Waals surface area contributed by atoms with Crippen LogP contribution in [0.3, 0.4) is 0 Å². The van der Waals surface area contributed by atoms with Gasteiger partial charge in [0.15, 0.2) is 16.8 Å². The molecule has 2 atom stereocenters. The third-order valence-electron chi connectivity index (χ3n) is 6.92. The van der Waals surface area contributed by atoms with E-state index in [0.717, 1.165) is 57.0 Å². The average molecular weight is 548 g/mol. The fourth-order valence-corrected chi connectivity index (χ4v) is 5.16. The van der Waals surface area contributed by atoms with Crippen LogP contribution in [0.1, 0.15) is 33.1 Å². The summed E-state index contributed by atoms with van der Waals surface area (Å²) < 4.78 is 0. The van der Waals surface area contributed by atoms with Crippen molar-refractivity contribution in [1.29, 1.82) is 5.26 Å². The molecule has 0 aliphatic carbocycles. The van der Waals surface area contributed by atoms with Gasteiger partial charge in [0.25, 0.3) is 0 Å². The number of hydrogen-bond donors (Lipinski definition) is 2. The summed E-state index contributed by atoms with van der Waals surface area (Å²) in [6, 6.07) is 12.7. The summed E-state index contributed by atoms with van der Waals surface area (Å²) in [6.07, 6.45) is 4.74. The van der Waals surface area contributed by atoms with E-state index in [4.69, 9.17) is 23.2 Å². The van der Waals surface area contributed by atoms with Crippen LogP contribution >= 0.6 is 23.2 Å². The molecule has 0 amide bonds. The highest BCUT2D eigenvalue weighted by Crippen LogP contribution is 2.25. The number of hydrogen-bond acceptors (Lipinski definition) is 6. The molecule has 0 bridgehead atoms. The number of rotatable bonds is 5. The number of benzene rings is 1. The van der Waals surface area contributed by atoms with Gasteiger partial charge in [0.2, 0.25) is 0 Å². The van der Waals surface area contributed by atoms with Crippen molar-refractivity contribution in [3.8, 4) is 6.07 Å². The molecule has 4 rings (SSSR count). The summed E-state index contributed by atoms with van der Waals surface area (Å²) in [7, 11) is 1.64. The zero-order valence-electron chi connectivity index (χ0n) is 21.7. The lowest BCUT2D eigenvalue weighted by Gasteiger charge is -2.48. The molecule has 0 saturated carbocycles. The summed E-state index contributed by atoms with van der Waals surface area (Å²) >= 11 is 11.9. The molecule has 3 heterocycles. The van der Waals surface area contributed by atoms with Crippen LogP contribution in [-0.4, -0.2) is 93.6 Å². The first-order valence-electron chi connectivity index (χ1n) is 12.7. The molecule has 11 heteroatoms. The molecular weight excluding hydrogens is 511 g/mol. The van der Waals surface area contributed by atoms with Gasteiger partial charge in [0.05, 0.1) is 12.1 Å². The minimum Gasteiger partial charge on any atom is -0.351 e. The van der Waals surface area contributed by atoms with E-state index < -0.39 is 0 Å². The lowest BCUT2D eigenvalue weighted by atomic mass is 9.97. The van der Waals surface area contributed by atoms with Crippen LogP contribution in [0, 0.1) is 11.3 Å². The van der Waals surface area contributed by atoms with Gasteiger partial charge >= 0.3 is 5.69 Å². The number of H-pyrrole nitrogens is 2. The largest absolute Gasteiger partial charge is 0.351 e. The van der Waals surface area contributed by atoms with E-state index >= 15 is 0 Å². The Kier molecular flexibility index (Phi) is 11.2. The van der Waals surface area contributed by atoms with E-state index in [1.165, 1.54) is 6.20 Å². The monoisotopic (exact) mass is 546 g/mol.